The Kier molecular flexibility index (Phi) is 4.91. The highest BCUT2D eigenvalue weighted by Crippen LogP contribution is 2.53. The highest BCUT2D eigenvalue weighted by atomic mass is 16.1. The summed E-state index contributed by atoms with van der Waals surface area (Å²) in [5.41, 5.74) is 3.94. The van der Waals surface area contributed by atoms with Gasteiger partial charge in [-0.05, 0) is 75.7 Å². The summed E-state index contributed by atoms with van der Waals surface area (Å²) in [4.78, 5) is 12.6. The van der Waals surface area contributed by atoms with E-state index in [1.807, 2.05) is 6.92 Å². The van der Waals surface area contributed by atoms with Gasteiger partial charge in [0.1, 0.15) is 0 Å². The van der Waals surface area contributed by atoms with Crippen LogP contribution in [-0.2, 0) is 4.79 Å². The summed E-state index contributed by atoms with van der Waals surface area (Å²) in [6.07, 6.45) is 10.8. The zero-order valence-electron chi connectivity index (χ0n) is 14.2. The lowest BCUT2D eigenvalue weighted by Gasteiger charge is -2.34. The number of hydrogen-bond donors (Lipinski definition) is 0. The van der Waals surface area contributed by atoms with Crippen LogP contribution in [0, 0.1) is 17.3 Å². The lowest BCUT2D eigenvalue weighted by atomic mass is 9.70. The van der Waals surface area contributed by atoms with Crippen LogP contribution < -0.4 is 0 Å². The molecule has 0 unspecified atom stereocenters. The topological polar surface area (TPSA) is 17.1 Å². The summed E-state index contributed by atoms with van der Waals surface area (Å²) < 4.78 is 0. The van der Waals surface area contributed by atoms with Gasteiger partial charge >= 0.3 is 0 Å². The van der Waals surface area contributed by atoms with Gasteiger partial charge in [0, 0.05) is 6.42 Å². The second kappa shape index (κ2) is 6.34. The Morgan fingerprint density at radius 3 is 2.71 bits per heavy atom. The van der Waals surface area contributed by atoms with Crippen molar-refractivity contribution in [1.29, 1.82) is 0 Å². The van der Waals surface area contributed by atoms with Gasteiger partial charge in [-0.3, -0.25) is 4.79 Å². The Bertz CT molecular complexity index is 494. The molecule has 0 bridgehead atoms. The average Bonchev–Trinajstić information content (AvgIpc) is 2.73. The van der Waals surface area contributed by atoms with Crippen LogP contribution in [0.3, 0.4) is 0 Å². The maximum absolute atomic E-state index is 12.6. The van der Waals surface area contributed by atoms with E-state index in [1.54, 1.807) is 0 Å². The van der Waals surface area contributed by atoms with Crippen molar-refractivity contribution in [3.05, 3.63) is 35.5 Å². The Morgan fingerprint density at radius 2 is 2.05 bits per heavy atom. The average molecular weight is 286 g/mol. The Balaban J connectivity index is 2.35. The molecule has 2 aliphatic carbocycles. The number of carbonyl (C=O) groups is 1. The van der Waals surface area contributed by atoms with Crippen molar-refractivity contribution in [1.82, 2.24) is 0 Å². The third-order valence-electron chi connectivity index (χ3n) is 5.79. The molecule has 21 heavy (non-hydrogen) atoms. The predicted molar refractivity (Wildman–Crippen MR) is 90.1 cm³/mol. The molecule has 0 radical (unpaired) electrons. The van der Waals surface area contributed by atoms with Gasteiger partial charge in [-0.15, -0.1) is 0 Å². The van der Waals surface area contributed by atoms with Crippen molar-refractivity contribution in [2.24, 2.45) is 17.3 Å². The SMILES string of the molecule is C=C(C)[C@@H]1CC[C@]2(C)C/C=C(\C)CC/C=C(\C)C(=O)C[C@@H]12. The second-order valence-electron chi connectivity index (χ2n) is 7.56. The number of hydrogen-bond acceptors (Lipinski definition) is 1. The fourth-order valence-corrected chi connectivity index (χ4v) is 4.09. The number of ketones is 1. The van der Waals surface area contributed by atoms with Gasteiger partial charge in [-0.1, -0.05) is 36.8 Å². The van der Waals surface area contributed by atoms with Crippen molar-refractivity contribution in [2.45, 2.75) is 66.2 Å². The number of fused-ring (bicyclic) bond motifs is 1. The summed E-state index contributed by atoms with van der Waals surface area (Å²) in [7, 11) is 0. The van der Waals surface area contributed by atoms with Gasteiger partial charge in [0.05, 0.1) is 0 Å². The molecule has 0 aromatic carbocycles. The molecule has 2 rings (SSSR count). The van der Waals surface area contributed by atoms with Gasteiger partial charge in [0.25, 0.3) is 0 Å². The quantitative estimate of drug-likeness (QED) is 0.571. The lowest BCUT2D eigenvalue weighted by molar-refractivity contribution is -0.117. The molecule has 0 aromatic rings. The highest BCUT2D eigenvalue weighted by Gasteiger charge is 2.45. The first-order valence-electron chi connectivity index (χ1n) is 8.34. The molecule has 0 heterocycles. The molecule has 0 N–H and O–H groups in total. The second-order valence-corrected chi connectivity index (χ2v) is 7.56. The third-order valence-corrected chi connectivity index (χ3v) is 5.79. The molecule has 1 saturated carbocycles. The fourth-order valence-electron chi connectivity index (χ4n) is 4.09. The first-order valence-corrected chi connectivity index (χ1v) is 8.34. The maximum atomic E-state index is 12.6. The summed E-state index contributed by atoms with van der Waals surface area (Å²) in [5.74, 6) is 1.31. The smallest absolute Gasteiger partial charge is 0.158 e. The Hall–Kier alpha value is -1.11. The molecule has 3 atom stereocenters. The fraction of sp³-hybridized carbons (Fsp3) is 0.650. The number of carbonyl (C=O) groups excluding carboxylic acids is 1. The van der Waals surface area contributed by atoms with Crippen LogP contribution in [0.5, 0.6) is 0 Å². The summed E-state index contributed by atoms with van der Waals surface area (Å²) >= 11 is 0. The summed E-state index contributed by atoms with van der Waals surface area (Å²) in [5, 5.41) is 0. The van der Waals surface area contributed by atoms with Crippen LogP contribution >= 0.6 is 0 Å². The lowest BCUT2D eigenvalue weighted by Crippen LogP contribution is -2.28. The van der Waals surface area contributed by atoms with Crippen molar-refractivity contribution in [3.8, 4) is 0 Å². The summed E-state index contributed by atoms with van der Waals surface area (Å²) in [6, 6.07) is 0. The van der Waals surface area contributed by atoms with E-state index in [2.05, 4.69) is 39.5 Å². The van der Waals surface area contributed by atoms with E-state index >= 15 is 0 Å². The van der Waals surface area contributed by atoms with E-state index in [4.69, 9.17) is 0 Å². The number of rotatable bonds is 1. The van der Waals surface area contributed by atoms with E-state index in [-0.39, 0.29) is 5.41 Å². The Morgan fingerprint density at radius 1 is 1.33 bits per heavy atom. The molecule has 116 valence electrons. The first kappa shape index (κ1) is 16.3. The van der Waals surface area contributed by atoms with Gasteiger partial charge in [-0.25, -0.2) is 0 Å². The van der Waals surface area contributed by atoms with Crippen molar-refractivity contribution in [2.75, 3.05) is 0 Å². The number of allylic oxidation sites excluding steroid dienone is 5. The molecule has 1 heteroatoms. The minimum atomic E-state index is 0.255. The minimum Gasteiger partial charge on any atom is -0.295 e. The zero-order chi connectivity index (χ0) is 15.6. The van der Waals surface area contributed by atoms with Crippen LogP contribution in [0.25, 0.3) is 0 Å². The molecule has 1 nitrogen and oxygen atoms in total. The maximum Gasteiger partial charge on any atom is 0.158 e. The molecular formula is C20H30O. The van der Waals surface area contributed by atoms with E-state index < -0.39 is 0 Å². The molecule has 0 aromatic heterocycles. The zero-order valence-corrected chi connectivity index (χ0v) is 14.2. The molecular weight excluding hydrogens is 256 g/mol. The van der Waals surface area contributed by atoms with E-state index in [1.165, 1.54) is 24.0 Å². The number of Topliss-reactive ketones (excluding diaryl/α,β-unsaturated/α-hetero) is 1. The monoisotopic (exact) mass is 286 g/mol. The van der Waals surface area contributed by atoms with Crippen LogP contribution in [0.2, 0.25) is 0 Å². The minimum absolute atomic E-state index is 0.255. The van der Waals surface area contributed by atoms with E-state index in [0.717, 1.165) is 24.8 Å². The Labute approximate surface area is 130 Å². The summed E-state index contributed by atoms with van der Waals surface area (Å²) in [6.45, 7) is 12.9. The van der Waals surface area contributed by atoms with Gasteiger partial charge < -0.3 is 0 Å². The molecule has 0 spiro atoms. The first-order chi connectivity index (χ1) is 9.83. The van der Waals surface area contributed by atoms with E-state index in [9.17, 15) is 4.79 Å². The van der Waals surface area contributed by atoms with Gasteiger partial charge in [-0.2, -0.15) is 0 Å². The van der Waals surface area contributed by atoms with Crippen molar-refractivity contribution < 1.29 is 4.79 Å². The van der Waals surface area contributed by atoms with Crippen molar-refractivity contribution >= 4 is 5.78 Å². The molecule has 0 amide bonds. The third kappa shape index (κ3) is 3.56. The van der Waals surface area contributed by atoms with Crippen LogP contribution in [0.4, 0.5) is 0 Å². The van der Waals surface area contributed by atoms with Gasteiger partial charge in [0.2, 0.25) is 0 Å². The molecule has 1 fully saturated rings. The van der Waals surface area contributed by atoms with Crippen LogP contribution in [0.15, 0.2) is 35.5 Å². The van der Waals surface area contributed by atoms with Crippen molar-refractivity contribution in [3.63, 3.8) is 0 Å². The van der Waals surface area contributed by atoms with Gasteiger partial charge in [0.15, 0.2) is 5.78 Å². The van der Waals surface area contributed by atoms with E-state index in [0.29, 0.717) is 24.0 Å². The molecule has 0 saturated heterocycles. The standard InChI is InChI=1S/C20H30O/c1-14(2)17-10-12-20(5)11-9-15(3)7-6-8-16(4)19(21)13-18(17)20/h8-9,17-18H,1,6-7,10-13H2,2-5H3/b15-9+,16-8+/t17-,18-,20-/m0/s1. The molecule has 2 aliphatic rings. The van der Waals surface area contributed by atoms with Crippen LogP contribution in [-0.4, -0.2) is 5.78 Å². The molecule has 0 aliphatic heterocycles. The largest absolute Gasteiger partial charge is 0.295 e. The predicted octanol–water partition coefficient (Wildman–Crippen LogP) is 5.63. The normalized spacial score (nSPS) is 39.5. The van der Waals surface area contributed by atoms with Crippen LogP contribution in [0.1, 0.15) is 66.2 Å². The highest BCUT2D eigenvalue weighted by molar-refractivity contribution is 5.95.